The van der Waals surface area contributed by atoms with Crippen LogP contribution < -0.4 is 45.1 Å². The molecule has 6 aromatic rings. The number of benzene rings is 6. The van der Waals surface area contributed by atoms with Gasteiger partial charge in [0.2, 0.25) is 17.4 Å². The summed E-state index contributed by atoms with van der Waals surface area (Å²) in [5.74, 6) is 6.95. The van der Waals surface area contributed by atoms with Crippen LogP contribution in [0.2, 0.25) is 0 Å². The van der Waals surface area contributed by atoms with Gasteiger partial charge in [-0.05, 0) is 46.5 Å². The van der Waals surface area contributed by atoms with Gasteiger partial charge in [-0.25, -0.2) is 11.3 Å². The Morgan fingerprint density at radius 2 is 0.803 bits per heavy atom. The van der Waals surface area contributed by atoms with Crippen LogP contribution in [-0.2, 0) is 9.59 Å². The number of carbonyl (C=O) groups is 3. The van der Waals surface area contributed by atoms with Crippen molar-refractivity contribution in [2.45, 2.75) is 11.8 Å². The van der Waals surface area contributed by atoms with Crippen LogP contribution in [0.5, 0.6) is 34.5 Å². The molecule has 6 rings (SSSR count). The highest BCUT2D eigenvalue weighted by Crippen LogP contribution is 2.39. The van der Waals surface area contributed by atoms with Crippen molar-refractivity contribution in [1.29, 1.82) is 0 Å². The molecule has 2 amide bonds. The zero-order valence-electron chi connectivity index (χ0n) is 34.9. The van der Waals surface area contributed by atoms with E-state index in [0.29, 0.717) is 45.6 Å². The van der Waals surface area contributed by atoms with E-state index in [1.54, 1.807) is 45.6 Å². The van der Waals surface area contributed by atoms with Crippen molar-refractivity contribution in [3.63, 3.8) is 0 Å². The van der Waals surface area contributed by atoms with Gasteiger partial charge in [-0.1, -0.05) is 121 Å². The molecule has 0 fully saturated rings. The van der Waals surface area contributed by atoms with E-state index in [1.165, 1.54) is 27.5 Å². The number of amides is 2. The van der Waals surface area contributed by atoms with Crippen LogP contribution in [0.3, 0.4) is 0 Å². The number of nitrogens with one attached hydrogen (secondary N) is 2. The maximum absolute atomic E-state index is 13.0. The van der Waals surface area contributed by atoms with Gasteiger partial charge in [0.05, 0.1) is 60.7 Å². The molecule has 0 bridgehead atoms. The van der Waals surface area contributed by atoms with Crippen molar-refractivity contribution in [2.24, 2.45) is 10.9 Å². The lowest BCUT2D eigenvalue weighted by Crippen LogP contribution is -2.35. The third kappa shape index (κ3) is 12.7. The van der Waals surface area contributed by atoms with Gasteiger partial charge in [0.25, 0.3) is 5.91 Å². The summed E-state index contributed by atoms with van der Waals surface area (Å²) in [7, 11) is 9.16. The van der Waals surface area contributed by atoms with Crippen LogP contribution in [0.1, 0.15) is 50.0 Å². The number of nitrogens with zero attached hydrogens (tertiary/aromatic N) is 1. The minimum absolute atomic E-state index is 0.206. The number of aldehydes is 1. The average molecular weight is 827 g/mol. The predicted molar refractivity (Wildman–Crippen MR) is 235 cm³/mol. The van der Waals surface area contributed by atoms with Crippen LogP contribution >= 0.6 is 0 Å². The summed E-state index contributed by atoms with van der Waals surface area (Å²) in [6, 6.07) is 45.1. The molecule has 13 nitrogen and oxygen atoms in total. The van der Waals surface area contributed by atoms with E-state index in [-0.39, 0.29) is 17.7 Å². The number of nitrogens with two attached hydrogens (primary N) is 1. The molecule has 0 unspecified atom stereocenters. The first-order valence-electron chi connectivity index (χ1n) is 18.9. The van der Waals surface area contributed by atoms with Crippen LogP contribution in [0.4, 0.5) is 0 Å². The van der Waals surface area contributed by atoms with Crippen molar-refractivity contribution < 1.29 is 42.8 Å². The van der Waals surface area contributed by atoms with E-state index in [2.05, 4.69) is 16.0 Å². The van der Waals surface area contributed by atoms with Crippen molar-refractivity contribution in [1.82, 2.24) is 10.9 Å². The summed E-state index contributed by atoms with van der Waals surface area (Å²) in [5, 5.41) is 4.14. The molecule has 4 N–H and O–H groups in total. The summed E-state index contributed by atoms with van der Waals surface area (Å²) >= 11 is 0. The first kappa shape index (κ1) is 46.1. The fourth-order valence-electron chi connectivity index (χ4n) is 6.24. The summed E-state index contributed by atoms with van der Waals surface area (Å²) in [6.07, 6.45) is 2.26. The van der Waals surface area contributed by atoms with E-state index < -0.39 is 5.92 Å². The zero-order chi connectivity index (χ0) is 44.0. The molecule has 0 aromatic heterocycles. The van der Waals surface area contributed by atoms with Gasteiger partial charge in [0.15, 0.2) is 23.0 Å². The topological polar surface area (TPSA) is 169 Å². The first-order valence-corrected chi connectivity index (χ1v) is 18.9. The SMILES string of the molecule is COc1cc(/C=N/NC(=O)C(c2ccccc2)c2ccccc2)cc(OC)c1OC.COc1cc(C=O)cc(OC)c1OC.NNC(=O)C(c1ccccc1)c1ccccc1. The number of hydrogen-bond donors (Lipinski definition) is 3. The van der Waals surface area contributed by atoms with Crippen LogP contribution in [0.15, 0.2) is 151 Å². The molecule has 61 heavy (non-hydrogen) atoms. The Bertz CT molecular complexity index is 2180. The fraction of sp³-hybridized carbons (Fsp3) is 0.167. The van der Waals surface area contributed by atoms with Crippen molar-refractivity contribution in [3.05, 3.63) is 179 Å². The largest absolute Gasteiger partial charge is 0.493 e. The van der Waals surface area contributed by atoms with E-state index in [0.717, 1.165) is 28.5 Å². The van der Waals surface area contributed by atoms with E-state index >= 15 is 0 Å². The van der Waals surface area contributed by atoms with E-state index in [9.17, 15) is 14.4 Å². The Morgan fingerprint density at radius 3 is 1.08 bits per heavy atom. The molecule has 0 radical (unpaired) electrons. The second-order valence-corrected chi connectivity index (χ2v) is 12.8. The highest BCUT2D eigenvalue weighted by molar-refractivity contribution is 5.89. The Morgan fingerprint density at radius 1 is 0.492 bits per heavy atom. The number of ether oxygens (including phenoxy) is 6. The molecule has 0 saturated heterocycles. The van der Waals surface area contributed by atoms with Gasteiger partial charge in [0.1, 0.15) is 6.29 Å². The maximum atomic E-state index is 13.0. The molecular formula is C48H50N4O9. The zero-order valence-corrected chi connectivity index (χ0v) is 34.9. The van der Waals surface area contributed by atoms with Gasteiger partial charge in [-0.15, -0.1) is 0 Å². The van der Waals surface area contributed by atoms with Crippen molar-refractivity contribution in [2.75, 3.05) is 42.7 Å². The van der Waals surface area contributed by atoms with E-state index in [1.807, 2.05) is 121 Å². The lowest BCUT2D eigenvalue weighted by molar-refractivity contribution is -0.122. The normalized spacial score (nSPS) is 10.3. The maximum Gasteiger partial charge on any atom is 0.252 e. The highest BCUT2D eigenvalue weighted by Gasteiger charge is 2.23. The minimum Gasteiger partial charge on any atom is -0.493 e. The number of rotatable bonds is 15. The number of methoxy groups -OCH3 is 6. The van der Waals surface area contributed by atoms with Gasteiger partial charge in [-0.3, -0.25) is 19.8 Å². The van der Waals surface area contributed by atoms with Crippen LogP contribution in [0.25, 0.3) is 0 Å². The summed E-state index contributed by atoms with van der Waals surface area (Å²) in [6.45, 7) is 0. The van der Waals surface area contributed by atoms with Crippen LogP contribution in [0, 0.1) is 0 Å². The number of hydrazone groups is 1. The Balaban J connectivity index is 0.000000223. The molecule has 0 heterocycles. The minimum atomic E-state index is -0.468. The molecule has 0 aliphatic heterocycles. The fourth-order valence-corrected chi connectivity index (χ4v) is 6.24. The second-order valence-electron chi connectivity index (χ2n) is 12.8. The third-order valence-corrected chi connectivity index (χ3v) is 9.10. The average Bonchev–Trinajstić information content (AvgIpc) is 3.32. The first-order chi connectivity index (χ1) is 29.8. The molecule has 0 atom stereocenters. The molecular weight excluding hydrogens is 777 g/mol. The standard InChI is InChI=1S/C24H24N2O4.C14H14N2O.C10H12O4/c1-28-20-14-17(15-21(29-2)23(20)30-3)16-25-26-24(27)22(18-10-6-4-7-11-18)19-12-8-5-9-13-19;15-16-14(17)13(11-7-3-1-4-8-11)12-9-5-2-6-10-12;1-12-8-4-7(6-11)5-9(13-2)10(8)14-3/h4-16,22H,1-3H3,(H,26,27);1-10,13H,15H2,(H,16,17);4-6H,1-3H3/b25-16+;;. The third-order valence-electron chi connectivity index (χ3n) is 9.10. The van der Waals surface area contributed by atoms with Crippen LogP contribution in [-0.4, -0.2) is 67.0 Å². The molecule has 0 aliphatic carbocycles. The second kappa shape index (κ2) is 24.3. The molecule has 0 saturated carbocycles. The molecule has 0 aliphatic rings. The lowest BCUT2D eigenvalue weighted by Gasteiger charge is -2.16. The molecule has 0 spiro atoms. The highest BCUT2D eigenvalue weighted by atomic mass is 16.5. The summed E-state index contributed by atoms with van der Waals surface area (Å²) in [4.78, 5) is 35.5. The summed E-state index contributed by atoms with van der Waals surface area (Å²) < 4.78 is 31.2. The summed E-state index contributed by atoms with van der Waals surface area (Å²) in [5.41, 5.74) is 9.70. The number of hydrazine groups is 1. The number of hydrogen-bond acceptors (Lipinski definition) is 11. The predicted octanol–water partition coefficient (Wildman–Crippen LogP) is 7.33. The monoisotopic (exact) mass is 826 g/mol. The van der Waals surface area contributed by atoms with Crippen molar-refractivity contribution >= 4 is 24.3 Å². The smallest absolute Gasteiger partial charge is 0.252 e. The van der Waals surface area contributed by atoms with Gasteiger partial charge in [-0.2, -0.15) is 5.10 Å². The van der Waals surface area contributed by atoms with Gasteiger partial charge in [0, 0.05) is 11.1 Å². The van der Waals surface area contributed by atoms with E-state index in [4.69, 9.17) is 34.3 Å². The Hall–Kier alpha value is -7.64. The van der Waals surface area contributed by atoms with Crippen molar-refractivity contribution in [3.8, 4) is 34.5 Å². The van der Waals surface area contributed by atoms with Gasteiger partial charge >= 0.3 is 0 Å². The quantitative estimate of drug-likeness (QED) is 0.0314. The van der Waals surface area contributed by atoms with Gasteiger partial charge < -0.3 is 28.4 Å². The number of carbonyl (C=O) groups excluding carboxylic acids is 3. The lowest BCUT2D eigenvalue weighted by atomic mass is 9.91. The Labute approximate surface area is 356 Å². The Kier molecular flexibility index (Phi) is 18.4. The molecule has 316 valence electrons. The molecule has 13 heteroatoms. The molecule has 6 aromatic carbocycles.